The monoisotopic (exact) mass is 262 g/mol. The van der Waals surface area contributed by atoms with E-state index >= 15 is 0 Å². The summed E-state index contributed by atoms with van der Waals surface area (Å²) < 4.78 is 0. The molecule has 1 saturated heterocycles. The second-order valence-electron chi connectivity index (χ2n) is 5.12. The van der Waals surface area contributed by atoms with Gasteiger partial charge in [0, 0.05) is 18.8 Å². The van der Waals surface area contributed by atoms with Crippen molar-refractivity contribution >= 4 is 5.91 Å². The van der Waals surface area contributed by atoms with E-state index < -0.39 is 0 Å². The Morgan fingerprint density at radius 3 is 2.58 bits per heavy atom. The number of rotatable bonds is 4. The van der Waals surface area contributed by atoms with Crippen LogP contribution < -0.4 is 5.56 Å². The van der Waals surface area contributed by atoms with Crippen LogP contribution in [-0.2, 0) is 12.8 Å². The summed E-state index contributed by atoms with van der Waals surface area (Å²) >= 11 is 0. The Bertz CT molecular complexity index is 513. The van der Waals surface area contributed by atoms with Crippen LogP contribution in [0.3, 0.4) is 0 Å². The van der Waals surface area contributed by atoms with E-state index in [2.05, 4.69) is 18.8 Å². The van der Waals surface area contributed by atoms with E-state index in [1.54, 1.807) is 11.0 Å². The molecule has 0 radical (unpaired) electrons. The highest BCUT2D eigenvalue weighted by atomic mass is 16.2. The first-order chi connectivity index (χ1) is 9.17. The summed E-state index contributed by atoms with van der Waals surface area (Å²) in [5.74, 6) is -0.114. The summed E-state index contributed by atoms with van der Waals surface area (Å²) in [6.45, 7) is 5.69. The number of likely N-dealkylation sites (tertiary alicyclic amines) is 1. The predicted molar refractivity (Wildman–Crippen MR) is 75.6 cm³/mol. The van der Waals surface area contributed by atoms with Gasteiger partial charge < -0.3 is 9.88 Å². The number of aromatic nitrogens is 1. The molecule has 1 N–H and O–H groups in total. The van der Waals surface area contributed by atoms with Gasteiger partial charge in [-0.25, -0.2) is 0 Å². The second kappa shape index (κ2) is 6.04. The zero-order chi connectivity index (χ0) is 13.8. The molecule has 2 rings (SSSR count). The molecule has 2 heterocycles. The number of hydrogen-bond donors (Lipinski definition) is 1. The van der Waals surface area contributed by atoms with Gasteiger partial charge in [0.25, 0.3) is 11.5 Å². The standard InChI is InChI=1S/C15H22N2O2/c1-3-7-13-11(4-2)10-12(14(18)16-13)15(19)17-8-5-6-9-17/h10H,3-9H2,1-2H3,(H,16,18). The highest BCUT2D eigenvalue weighted by molar-refractivity contribution is 5.94. The third-order valence-corrected chi connectivity index (χ3v) is 3.72. The number of hydrogen-bond acceptors (Lipinski definition) is 2. The van der Waals surface area contributed by atoms with Gasteiger partial charge in [-0.3, -0.25) is 9.59 Å². The minimum atomic E-state index is -0.238. The molecule has 0 aromatic carbocycles. The summed E-state index contributed by atoms with van der Waals surface area (Å²) in [6.07, 6.45) is 4.77. The van der Waals surface area contributed by atoms with Crippen molar-refractivity contribution in [3.8, 4) is 0 Å². The minimum absolute atomic E-state index is 0.114. The Morgan fingerprint density at radius 2 is 2.00 bits per heavy atom. The molecule has 1 amide bonds. The van der Waals surface area contributed by atoms with Crippen LogP contribution in [0.25, 0.3) is 0 Å². The van der Waals surface area contributed by atoms with E-state index in [0.717, 1.165) is 56.5 Å². The van der Waals surface area contributed by atoms with Crippen LogP contribution in [-0.4, -0.2) is 28.9 Å². The van der Waals surface area contributed by atoms with E-state index in [1.807, 2.05) is 0 Å². The van der Waals surface area contributed by atoms with Gasteiger partial charge in [0.2, 0.25) is 0 Å². The molecule has 0 aliphatic carbocycles. The molecule has 0 bridgehead atoms. The summed E-state index contributed by atoms with van der Waals surface area (Å²) in [5.41, 5.74) is 2.13. The molecular weight excluding hydrogens is 240 g/mol. The lowest BCUT2D eigenvalue weighted by atomic mass is 10.0. The maximum atomic E-state index is 12.3. The first-order valence-corrected chi connectivity index (χ1v) is 7.21. The van der Waals surface area contributed by atoms with Crippen molar-refractivity contribution in [2.75, 3.05) is 13.1 Å². The second-order valence-corrected chi connectivity index (χ2v) is 5.12. The van der Waals surface area contributed by atoms with Crippen LogP contribution >= 0.6 is 0 Å². The highest BCUT2D eigenvalue weighted by Crippen LogP contribution is 2.14. The van der Waals surface area contributed by atoms with Crippen LogP contribution in [0.4, 0.5) is 0 Å². The van der Waals surface area contributed by atoms with Crippen LogP contribution in [0, 0.1) is 0 Å². The van der Waals surface area contributed by atoms with E-state index in [-0.39, 0.29) is 11.5 Å². The van der Waals surface area contributed by atoms with Crippen molar-refractivity contribution in [2.24, 2.45) is 0 Å². The molecule has 1 fully saturated rings. The van der Waals surface area contributed by atoms with Crippen LogP contribution in [0.2, 0.25) is 0 Å². The summed E-state index contributed by atoms with van der Waals surface area (Å²) in [5, 5.41) is 0. The third kappa shape index (κ3) is 2.88. The molecule has 0 spiro atoms. The van der Waals surface area contributed by atoms with Gasteiger partial charge in [-0.1, -0.05) is 20.3 Å². The minimum Gasteiger partial charge on any atom is -0.338 e. The van der Waals surface area contributed by atoms with Crippen molar-refractivity contribution in [1.29, 1.82) is 0 Å². The van der Waals surface area contributed by atoms with E-state index in [4.69, 9.17) is 0 Å². The highest BCUT2D eigenvalue weighted by Gasteiger charge is 2.22. The van der Waals surface area contributed by atoms with Crippen LogP contribution in [0.1, 0.15) is 54.7 Å². The lowest BCUT2D eigenvalue weighted by Gasteiger charge is -2.16. The molecule has 1 aliphatic rings. The van der Waals surface area contributed by atoms with Gasteiger partial charge in [-0.05, 0) is 37.3 Å². The molecule has 1 aliphatic heterocycles. The van der Waals surface area contributed by atoms with Gasteiger partial charge >= 0.3 is 0 Å². The Hall–Kier alpha value is -1.58. The van der Waals surface area contributed by atoms with E-state index in [1.165, 1.54) is 0 Å². The fourth-order valence-corrected chi connectivity index (χ4v) is 2.65. The van der Waals surface area contributed by atoms with Crippen molar-refractivity contribution in [3.63, 3.8) is 0 Å². The van der Waals surface area contributed by atoms with E-state index in [0.29, 0.717) is 5.56 Å². The number of amides is 1. The largest absolute Gasteiger partial charge is 0.338 e. The molecule has 4 heteroatoms. The van der Waals surface area contributed by atoms with Crippen molar-refractivity contribution in [2.45, 2.75) is 46.0 Å². The zero-order valence-electron chi connectivity index (χ0n) is 11.8. The number of nitrogens with one attached hydrogen (secondary N) is 1. The third-order valence-electron chi connectivity index (χ3n) is 3.72. The lowest BCUT2D eigenvalue weighted by molar-refractivity contribution is 0.0791. The van der Waals surface area contributed by atoms with Crippen LogP contribution in [0.5, 0.6) is 0 Å². The number of nitrogens with zero attached hydrogens (tertiary/aromatic N) is 1. The van der Waals surface area contributed by atoms with Crippen LogP contribution in [0.15, 0.2) is 10.9 Å². The molecule has 0 unspecified atom stereocenters. The fraction of sp³-hybridized carbons (Fsp3) is 0.600. The Balaban J connectivity index is 2.35. The Labute approximate surface area is 113 Å². The average Bonchev–Trinajstić information content (AvgIpc) is 2.92. The maximum absolute atomic E-state index is 12.3. The fourth-order valence-electron chi connectivity index (χ4n) is 2.65. The van der Waals surface area contributed by atoms with Gasteiger partial charge in [0.05, 0.1) is 0 Å². The molecule has 1 aromatic rings. The lowest BCUT2D eigenvalue weighted by Crippen LogP contribution is -2.33. The molecule has 19 heavy (non-hydrogen) atoms. The number of carbonyl (C=O) groups excluding carboxylic acids is 1. The number of aromatic amines is 1. The van der Waals surface area contributed by atoms with Crippen molar-refractivity contribution in [3.05, 3.63) is 33.2 Å². The quantitative estimate of drug-likeness (QED) is 0.903. The molecule has 4 nitrogen and oxygen atoms in total. The van der Waals surface area contributed by atoms with Gasteiger partial charge in [-0.2, -0.15) is 0 Å². The van der Waals surface area contributed by atoms with Gasteiger partial charge in [0.1, 0.15) is 5.56 Å². The van der Waals surface area contributed by atoms with Crippen molar-refractivity contribution < 1.29 is 4.79 Å². The van der Waals surface area contributed by atoms with Gasteiger partial charge in [-0.15, -0.1) is 0 Å². The zero-order valence-corrected chi connectivity index (χ0v) is 11.8. The summed E-state index contributed by atoms with van der Waals surface area (Å²) in [7, 11) is 0. The normalized spacial score (nSPS) is 14.9. The number of H-pyrrole nitrogens is 1. The van der Waals surface area contributed by atoms with Gasteiger partial charge in [0.15, 0.2) is 0 Å². The molecule has 1 aromatic heterocycles. The number of carbonyl (C=O) groups is 1. The predicted octanol–water partition coefficient (Wildman–Crippen LogP) is 2.13. The Kier molecular flexibility index (Phi) is 4.40. The first-order valence-electron chi connectivity index (χ1n) is 7.21. The average molecular weight is 262 g/mol. The van der Waals surface area contributed by atoms with E-state index in [9.17, 15) is 9.59 Å². The topological polar surface area (TPSA) is 53.2 Å². The first kappa shape index (κ1) is 13.8. The summed E-state index contributed by atoms with van der Waals surface area (Å²) in [6, 6.07) is 1.80. The Morgan fingerprint density at radius 1 is 1.32 bits per heavy atom. The van der Waals surface area contributed by atoms with Crippen molar-refractivity contribution in [1.82, 2.24) is 9.88 Å². The number of pyridine rings is 1. The molecule has 0 saturated carbocycles. The molecular formula is C15H22N2O2. The molecule has 0 atom stereocenters. The molecule has 104 valence electrons. The summed E-state index contributed by atoms with van der Waals surface area (Å²) in [4.78, 5) is 29.1. The maximum Gasteiger partial charge on any atom is 0.261 e. The smallest absolute Gasteiger partial charge is 0.261 e. The number of aryl methyl sites for hydroxylation is 2. The SMILES string of the molecule is CCCc1[nH]c(=O)c(C(=O)N2CCCC2)cc1CC.